The van der Waals surface area contributed by atoms with Crippen LogP contribution in [0.15, 0.2) is 30.6 Å². The van der Waals surface area contributed by atoms with E-state index in [0.717, 1.165) is 22.4 Å². The number of pyridine rings is 1. The van der Waals surface area contributed by atoms with Crippen LogP contribution in [0, 0.1) is 19.3 Å². The van der Waals surface area contributed by atoms with E-state index in [-0.39, 0.29) is 5.84 Å². The number of aryl methyl sites for hydroxylation is 2. The summed E-state index contributed by atoms with van der Waals surface area (Å²) >= 11 is 6.05. The lowest BCUT2D eigenvalue weighted by molar-refractivity contribution is 0.302. The molecule has 20 heavy (non-hydrogen) atoms. The van der Waals surface area contributed by atoms with Crippen molar-refractivity contribution < 1.29 is 4.74 Å². The van der Waals surface area contributed by atoms with Crippen LogP contribution in [0.2, 0.25) is 5.02 Å². The maximum Gasteiger partial charge on any atom is 0.125 e. The number of nitrogen functional groups attached to an aromatic ring is 1. The van der Waals surface area contributed by atoms with Crippen LogP contribution in [0.1, 0.15) is 22.3 Å². The molecule has 0 aliphatic heterocycles. The van der Waals surface area contributed by atoms with Gasteiger partial charge in [0.05, 0.1) is 5.02 Å². The average Bonchev–Trinajstić information content (AvgIpc) is 2.39. The van der Waals surface area contributed by atoms with Gasteiger partial charge in [0.25, 0.3) is 0 Å². The van der Waals surface area contributed by atoms with Gasteiger partial charge in [-0.1, -0.05) is 11.6 Å². The van der Waals surface area contributed by atoms with Crippen molar-refractivity contribution >= 4 is 17.4 Å². The van der Waals surface area contributed by atoms with E-state index in [4.69, 9.17) is 27.5 Å². The number of hydrogen-bond acceptors (Lipinski definition) is 3. The van der Waals surface area contributed by atoms with Crippen molar-refractivity contribution in [2.45, 2.75) is 20.5 Å². The molecule has 0 aliphatic carbocycles. The second kappa shape index (κ2) is 5.92. The number of amidine groups is 1. The topological polar surface area (TPSA) is 72.0 Å². The number of rotatable bonds is 4. The minimum Gasteiger partial charge on any atom is -0.488 e. The molecule has 0 aliphatic rings. The molecule has 2 rings (SSSR count). The Hall–Kier alpha value is -2.07. The molecule has 3 N–H and O–H groups in total. The molecule has 0 saturated carbocycles. The Labute approximate surface area is 123 Å². The summed E-state index contributed by atoms with van der Waals surface area (Å²) in [7, 11) is 0. The van der Waals surface area contributed by atoms with E-state index in [9.17, 15) is 0 Å². The molecular weight excluding hydrogens is 274 g/mol. The van der Waals surface area contributed by atoms with E-state index >= 15 is 0 Å². The maximum absolute atomic E-state index is 7.48. The summed E-state index contributed by atoms with van der Waals surface area (Å²) in [6, 6.07) is 5.52. The Morgan fingerprint density at radius 2 is 2.00 bits per heavy atom. The molecule has 4 nitrogen and oxygen atoms in total. The number of nitrogens with zero attached hydrogens (tertiary/aromatic N) is 1. The highest BCUT2D eigenvalue weighted by Gasteiger charge is 2.09. The van der Waals surface area contributed by atoms with Gasteiger partial charge in [0.2, 0.25) is 0 Å². The van der Waals surface area contributed by atoms with Crippen LogP contribution in [0.3, 0.4) is 0 Å². The molecule has 0 amide bonds. The van der Waals surface area contributed by atoms with Gasteiger partial charge in [-0.3, -0.25) is 10.4 Å². The lowest BCUT2D eigenvalue weighted by atomic mass is 10.1. The molecule has 5 heteroatoms. The normalized spacial score (nSPS) is 10.3. The standard InChI is InChI=1S/C15H16ClN3O/c1-9-5-12(15(17)18)6-10(2)14(9)20-8-11-3-4-19-7-13(11)16/h3-7H,8H2,1-2H3,(H3,17,18). The fourth-order valence-corrected chi connectivity index (χ4v) is 2.18. The van der Waals surface area contributed by atoms with Crippen molar-refractivity contribution in [3.05, 3.63) is 57.9 Å². The first-order chi connectivity index (χ1) is 9.49. The summed E-state index contributed by atoms with van der Waals surface area (Å²) in [5, 5.41) is 8.06. The van der Waals surface area contributed by atoms with Crippen molar-refractivity contribution in [1.29, 1.82) is 5.41 Å². The smallest absolute Gasteiger partial charge is 0.125 e. The predicted molar refractivity (Wildman–Crippen MR) is 80.5 cm³/mol. The largest absolute Gasteiger partial charge is 0.488 e. The number of aromatic nitrogens is 1. The zero-order chi connectivity index (χ0) is 14.7. The molecular formula is C15H16ClN3O. The van der Waals surface area contributed by atoms with Crippen LogP contribution >= 0.6 is 11.6 Å². The van der Waals surface area contributed by atoms with Gasteiger partial charge >= 0.3 is 0 Å². The van der Waals surface area contributed by atoms with Crippen molar-refractivity contribution in [3.8, 4) is 5.75 Å². The minimum absolute atomic E-state index is 0.0555. The quantitative estimate of drug-likeness (QED) is 0.670. The highest BCUT2D eigenvalue weighted by Crippen LogP contribution is 2.26. The molecule has 2 aromatic rings. The maximum atomic E-state index is 7.48. The van der Waals surface area contributed by atoms with Crippen LogP contribution in [-0.2, 0) is 6.61 Å². The molecule has 1 aromatic heterocycles. The summed E-state index contributed by atoms with van der Waals surface area (Å²) in [5.74, 6) is 0.850. The van der Waals surface area contributed by atoms with E-state index in [2.05, 4.69) is 4.98 Å². The van der Waals surface area contributed by atoms with Gasteiger partial charge in [-0.05, 0) is 43.2 Å². The Morgan fingerprint density at radius 3 is 2.55 bits per heavy atom. The molecule has 0 saturated heterocycles. The van der Waals surface area contributed by atoms with E-state index in [1.165, 1.54) is 0 Å². The first-order valence-electron chi connectivity index (χ1n) is 6.16. The first-order valence-corrected chi connectivity index (χ1v) is 6.53. The van der Waals surface area contributed by atoms with E-state index < -0.39 is 0 Å². The third-order valence-electron chi connectivity index (χ3n) is 3.00. The second-order valence-corrected chi connectivity index (χ2v) is 5.02. The Morgan fingerprint density at radius 1 is 1.35 bits per heavy atom. The monoisotopic (exact) mass is 289 g/mol. The SMILES string of the molecule is Cc1cc(C(=N)N)cc(C)c1OCc1ccncc1Cl. The van der Waals surface area contributed by atoms with Crippen molar-refractivity contribution in [2.75, 3.05) is 0 Å². The molecule has 1 aromatic carbocycles. The Bertz CT molecular complexity index is 632. The fraction of sp³-hybridized carbons (Fsp3) is 0.200. The Balaban J connectivity index is 2.22. The molecule has 1 heterocycles. The van der Waals surface area contributed by atoms with E-state index in [0.29, 0.717) is 17.2 Å². The minimum atomic E-state index is 0.0555. The third kappa shape index (κ3) is 3.08. The molecule has 0 spiro atoms. The number of nitrogens with two attached hydrogens (primary N) is 1. The molecule has 0 unspecified atom stereocenters. The fourth-order valence-electron chi connectivity index (χ4n) is 2.00. The van der Waals surface area contributed by atoms with Crippen LogP contribution < -0.4 is 10.5 Å². The van der Waals surface area contributed by atoms with E-state index in [1.54, 1.807) is 12.4 Å². The number of ether oxygens (including phenoxy) is 1. The number of hydrogen-bond donors (Lipinski definition) is 2. The highest BCUT2D eigenvalue weighted by atomic mass is 35.5. The van der Waals surface area contributed by atoms with Gasteiger partial charge in [-0.2, -0.15) is 0 Å². The lowest BCUT2D eigenvalue weighted by Gasteiger charge is -2.14. The van der Waals surface area contributed by atoms with Crippen LogP contribution in [0.4, 0.5) is 0 Å². The molecule has 0 bridgehead atoms. The van der Waals surface area contributed by atoms with Crippen LogP contribution in [0.25, 0.3) is 0 Å². The van der Waals surface area contributed by atoms with E-state index in [1.807, 2.05) is 32.0 Å². The van der Waals surface area contributed by atoms with Gasteiger partial charge < -0.3 is 10.5 Å². The first kappa shape index (κ1) is 14.3. The van der Waals surface area contributed by atoms with Gasteiger partial charge in [-0.15, -0.1) is 0 Å². The van der Waals surface area contributed by atoms with Crippen LogP contribution in [0.5, 0.6) is 5.75 Å². The molecule has 0 fully saturated rings. The summed E-state index contributed by atoms with van der Waals surface area (Å²) in [6.07, 6.45) is 3.28. The van der Waals surface area contributed by atoms with Gasteiger partial charge in [0.15, 0.2) is 0 Å². The van der Waals surface area contributed by atoms with Gasteiger partial charge in [0.1, 0.15) is 18.2 Å². The summed E-state index contributed by atoms with van der Waals surface area (Å²) < 4.78 is 5.85. The molecule has 0 radical (unpaired) electrons. The van der Waals surface area contributed by atoms with Gasteiger partial charge in [0, 0.05) is 23.5 Å². The number of benzene rings is 1. The summed E-state index contributed by atoms with van der Waals surface area (Å²) in [6.45, 7) is 4.24. The van der Waals surface area contributed by atoms with Crippen LogP contribution in [-0.4, -0.2) is 10.8 Å². The van der Waals surface area contributed by atoms with Crippen molar-refractivity contribution in [2.24, 2.45) is 5.73 Å². The summed E-state index contributed by atoms with van der Waals surface area (Å²) in [5.41, 5.74) is 8.98. The average molecular weight is 290 g/mol. The summed E-state index contributed by atoms with van der Waals surface area (Å²) in [4.78, 5) is 3.94. The van der Waals surface area contributed by atoms with Crippen molar-refractivity contribution in [1.82, 2.24) is 4.98 Å². The predicted octanol–water partition coefficient (Wildman–Crippen LogP) is 3.21. The Kier molecular flexibility index (Phi) is 4.25. The van der Waals surface area contributed by atoms with Crippen molar-refractivity contribution in [3.63, 3.8) is 0 Å². The zero-order valence-corrected chi connectivity index (χ0v) is 12.2. The lowest BCUT2D eigenvalue weighted by Crippen LogP contribution is -2.12. The molecule has 104 valence electrons. The highest BCUT2D eigenvalue weighted by molar-refractivity contribution is 6.31. The van der Waals surface area contributed by atoms with Gasteiger partial charge in [-0.25, -0.2) is 0 Å². The second-order valence-electron chi connectivity index (χ2n) is 4.61. The number of nitrogens with one attached hydrogen (secondary N) is 1. The zero-order valence-electron chi connectivity index (χ0n) is 11.4. The number of halogens is 1. The molecule has 0 atom stereocenters. The third-order valence-corrected chi connectivity index (χ3v) is 3.34.